The molecule has 2 aromatic carbocycles. The molecule has 2 unspecified atom stereocenters. The fraction of sp³-hybridized carbons (Fsp3) is 0.393. The quantitative estimate of drug-likeness (QED) is 0.324. The first kappa shape index (κ1) is 29.0. The molecule has 8 heteroatoms. The van der Waals surface area contributed by atoms with Crippen LogP contribution in [0.1, 0.15) is 49.1 Å². The molecule has 0 fully saturated rings. The number of hydrogen-bond donors (Lipinski definition) is 3. The van der Waals surface area contributed by atoms with Crippen LogP contribution in [0.2, 0.25) is 0 Å². The maximum Gasteiger partial charge on any atom is 0.408 e. The summed E-state index contributed by atoms with van der Waals surface area (Å²) in [4.78, 5) is 41.3. The summed E-state index contributed by atoms with van der Waals surface area (Å²) in [5.74, 6) is -0.767. The molecule has 2 N–H and O–H groups in total. The van der Waals surface area contributed by atoms with Crippen LogP contribution in [0.25, 0.3) is 0 Å². The lowest BCUT2D eigenvalue weighted by molar-refractivity contribution is -0.141. The Hall–Kier alpha value is -3.26. The molecule has 0 aliphatic heterocycles. The van der Waals surface area contributed by atoms with E-state index in [2.05, 4.69) is 29.8 Å². The first-order valence-electron chi connectivity index (χ1n) is 11.9. The summed E-state index contributed by atoms with van der Waals surface area (Å²) in [7, 11) is 0. The number of benzene rings is 2. The second kappa shape index (κ2) is 13.2. The van der Waals surface area contributed by atoms with Crippen molar-refractivity contribution in [2.24, 2.45) is 0 Å². The van der Waals surface area contributed by atoms with Crippen molar-refractivity contribution < 1.29 is 19.1 Å². The maximum atomic E-state index is 13.8. The molecule has 2 rings (SSSR count). The molecule has 36 heavy (non-hydrogen) atoms. The predicted octanol–water partition coefficient (Wildman–Crippen LogP) is 4.50. The molecule has 194 valence electrons. The molecular weight excluding hydrogens is 474 g/mol. The van der Waals surface area contributed by atoms with Gasteiger partial charge in [0.2, 0.25) is 11.8 Å². The molecule has 0 saturated carbocycles. The topological polar surface area (TPSA) is 87.7 Å². The number of alkyl carbamates (subject to hydrolysis) is 1. The van der Waals surface area contributed by atoms with Gasteiger partial charge in [-0.25, -0.2) is 4.79 Å². The minimum Gasteiger partial charge on any atom is -0.444 e. The highest BCUT2D eigenvalue weighted by atomic mass is 32.1. The smallest absolute Gasteiger partial charge is 0.408 e. The van der Waals surface area contributed by atoms with Gasteiger partial charge in [-0.3, -0.25) is 9.59 Å². The number of amides is 3. The van der Waals surface area contributed by atoms with Gasteiger partial charge < -0.3 is 20.3 Å². The van der Waals surface area contributed by atoms with E-state index < -0.39 is 29.7 Å². The van der Waals surface area contributed by atoms with E-state index in [1.165, 1.54) is 4.90 Å². The van der Waals surface area contributed by atoms with Gasteiger partial charge in [0.25, 0.3) is 0 Å². The van der Waals surface area contributed by atoms with Crippen LogP contribution >= 0.6 is 12.6 Å². The van der Waals surface area contributed by atoms with Crippen molar-refractivity contribution in [1.29, 1.82) is 0 Å². The summed E-state index contributed by atoms with van der Waals surface area (Å²) in [6, 6.07) is 13.3. The van der Waals surface area contributed by atoms with Crippen LogP contribution in [0.15, 0.2) is 61.2 Å². The van der Waals surface area contributed by atoms with E-state index in [0.717, 1.165) is 22.3 Å². The lowest BCUT2D eigenvalue weighted by atomic mass is 9.93. The Morgan fingerprint density at radius 1 is 1.06 bits per heavy atom. The number of ether oxygens (including phenoxy) is 1. The van der Waals surface area contributed by atoms with Crippen molar-refractivity contribution in [2.75, 3.05) is 12.3 Å². The average molecular weight is 512 g/mol. The maximum absolute atomic E-state index is 13.8. The highest BCUT2D eigenvalue weighted by molar-refractivity contribution is 7.80. The molecule has 3 amide bonds. The van der Waals surface area contributed by atoms with Crippen LogP contribution in [0.3, 0.4) is 0 Å². The molecule has 0 saturated heterocycles. The number of rotatable bonds is 10. The zero-order valence-electron chi connectivity index (χ0n) is 21.7. The summed E-state index contributed by atoms with van der Waals surface area (Å²) < 4.78 is 5.32. The lowest BCUT2D eigenvalue weighted by Crippen LogP contribution is -2.54. The van der Waals surface area contributed by atoms with E-state index in [4.69, 9.17) is 4.74 Å². The Kier molecular flexibility index (Phi) is 10.6. The number of thiol groups is 1. The van der Waals surface area contributed by atoms with Crippen molar-refractivity contribution in [3.8, 4) is 0 Å². The van der Waals surface area contributed by atoms with Gasteiger partial charge in [0.1, 0.15) is 17.7 Å². The van der Waals surface area contributed by atoms with Gasteiger partial charge in [0, 0.05) is 18.8 Å². The van der Waals surface area contributed by atoms with Gasteiger partial charge in [-0.1, -0.05) is 54.6 Å². The first-order chi connectivity index (χ1) is 17.0. The molecule has 0 bridgehead atoms. The Bertz CT molecular complexity index is 1050. The van der Waals surface area contributed by atoms with Gasteiger partial charge in [-0.2, -0.15) is 12.6 Å². The first-order valence-corrected chi connectivity index (χ1v) is 12.5. The molecule has 0 radical (unpaired) electrons. The van der Waals surface area contributed by atoms with Gasteiger partial charge in [0.05, 0.1) is 0 Å². The minimum atomic E-state index is -1.00. The third-order valence-corrected chi connectivity index (χ3v) is 5.83. The average Bonchev–Trinajstić information content (AvgIpc) is 2.81. The molecular formula is C28H37N3O4S. The minimum absolute atomic E-state index is 0.0246. The molecule has 7 nitrogen and oxygen atoms in total. The van der Waals surface area contributed by atoms with Crippen LogP contribution in [0.5, 0.6) is 0 Å². The number of nitrogens with one attached hydrogen (secondary N) is 2. The van der Waals surface area contributed by atoms with Crippen molar-refractivity contribution in [3.63, 3.8) is 0 Å². The van der Waals surface area contributed by atoms with Gasteiger partial charge in [-0.15, -0.1) is 6.58 Å². The third-order valence-electron chi connectivity index (χ3n) is 5.47. The lowest BCUT2D eigenvalue weighted by Gasteiger charge is -2.34. The SMILES string of the molecule is C=CCN(C(=O)C(CS)NC(=O)OC(C)(C)C)C(C(=O)NCc1ccccc1)c1c(C)cccc1C. The largest absolute Gasteiger partial charge is 0.444 e. The normalized spacial score (nSPS) is 12.7. The zero-order valence-corrected chi connectivity index (χ0v) is 22.6. The second-order valence-electron chi connectivity index (χ2n) is 9.57. The number of nitrogens with zero attached hydrogens (tertiary/aromatic N) is 1. The van der Waals surface area contributed by atoms with Gasteiger partial charge in [0.15, 0.2) is 0 Å². The van der Waals surface area contributed by atoms with Gasteiger partial charge in [-0.05, 0) is 56.9 Å². The number of carbonyl (C=O) groups excluding carboxylic acids is 3. The Balaban J connectivity index is 2.44. The van der Waals surface area contributed by atoms with E-state index in [-0.39, 0.29) is 18.2 Å². The summed E-state index contributed by atoms with van der Waals surface area (Å²) in [5.41, 5.74) is 2.69. The van der Waals surface area contributed by atoms with Crippen LogP contribution < -0.4 is 10.6 Å². The van der Waals surface area contributed by atoms with Crippen LogP contribution in [0, 0.1) is 13.8 Å². The van der Waals surface area contributed by atoms with E-state index in [1.807, 2.05) is 62.4 Å². The Morgan fingerprint density at radius 3 is 2.19 bits per heavy atom. The molecule has 0 spiro atoms. The van der Waals surface area contributed by atoms with E-state index in [1.54, 1.807) is 26.8 Å². The van der Waals surface area contributed by atoms with Crippen LogP contribution in [0.4, 0.5) is 4.79 Å². The Labute approximate surface area is 219 Å². The van der Waals surface area contributed by atoms with E-state index in [9.17, 15) is 14.4 Å². The summed E-state index contributed by atoms with van der Waals surface area (Å²) in [6.07, 6.45) is 0.831. The zero-order chi connectivity index (χ0) is 26.9. The summed E-state index contributed by atoms with van der Waals surface area (Å²) in [6.45, 7) is 13.2. The fourth-order valence-corrected chi connectivity index (χ4v) is 4.11. The standard InChI is InChI=1S/C28H37N3O4S/c1-7-16-31(26(33)22(18-36)30-27(34)35-28(4,5)6)24(23-19(2)12-11-13-20(23)3)25(32)29-17-21-14-9-8-10-15-21/h7-15,22,24,36H,1,16-18H2,2-6H3,(H,29,32)(H,30,34). The Morgan fingerprint density at radius 2 is 1.67 bits per heavy atom. The van der Waals surface area contributed by atoms with Crippen LogP contribution in [-0.2, 0) is 20.9 Å². The van der Waals surface area contributed by atoms with Crippen molar-refractivity contribution in [3.05, 3.63) is 83.4 Å². The number of hydrogen-bond acceptors (Lipinski definition) is 5. The van der Waals surface area contributed by atoms with E-state index >= 15 is 0 Å². The molecule has 0 aliphatic rings. The highest BCUT2D eigenvalue weighted by Crippen LogP contribution is 2.29. The molecule has 2 atom stereocenters. The summed E-state index contributed by atoms with van der Waals surface area (Å²) >= 11 is 4.30. The highest BCUT2D eigenvalue weighted by Gasteiger charge is 2.36. The molecule has 0 aromatic heterocycles. The van der Waals surface area contributed by atoms with Gasteiger partial charge >= 0.3 is 6.09 Å². The second-order valence-corrected chi connectivity index (χ2v) is 9.94. The molecule has 0 aliphatic carbocycles. The third kappa shape index (κ3) is 8.16. The predicted molar refractivity (Wildman–Crippen MR) is 146 cm³/mol. The fourth-order valence-electron chi connectivity index (χ4n) is 3.87. The molecule has 2 aromatic rings. The number of carbonyl (C=O) groups is 3. The number of aryl methyl sites for hydroxylation is 2. The van der Waals surface area contributed by atoms with Crippen LogP contribution in [-0.4, -0.2) is 46.7 Å². The van der Waals surface area contributed by atoms with Crippen molar-refractivity contribution in [2.45, 2.75) is 58.8 Å². The summed E-state index contributed by atoms with van der Waals surface area (Å²) in [5, 5.41) is 5.58. The van der Waals surface area contributed by atoms with E-state index in [0.29, 0.717) is 6.54 Å². The molecule has 0 heterocycles. The van der Waals surface area contributed by atoms with Crippen molar-refractivity contribution >= 4 is 30.5 Å². The monoisotopic (exact) mass is 511 g/mol. The van der Waals surface area contributed by atoms with Crippen molar-refractivity contribution in [1.82, 2.24) is 15.5 Å².